The number of hydrogen-bond acceptors (Lipinski definition) is 6. The molecule has 29 heavy (non-hydrogen) atoms. The number of hydrogen-bond donors (Lipinski definition) is 2. The number of rotatable bonds is 6. The van der Waals surface area contributed by atoms with Gasteiger partial charge in [-0.15, -0.1) is 0 Å². The first-order chi connectivity index (χ1) is 13.5. The van der Waals surface area contributed by atoms with Gasteiger partial charge in [0.15, 0.2) is 14.6 Å². The van der Waals surface area contributed by atoms with Gasteiger partial charge in [0.2, 0.25) is 0 Å². The van der Waals surface area contributed by atoms with Crippen LogP contribution in [0.25, 0.3) is 0 Å². The molecule has 0 fully saturated rings. The van der Waals surface area contributed by atoms with Crippen molar-refractivity contribution in [1.82, 2.24) is 19.8 Å². The number of aromatic nitrogens is 1. The fourth-order valence-electron chi connectivity index (χ4n) is 2.75. The highest BCUT2D eigenvalue weighted by molar-refractivity contribution is 7.92. The molecule has 0 aliphatic carbocycles. The molecule has 2 rings (SSSR count). The van der Waals surface area contributed by atoms with Gasteiger partial charge in [-0.1, -0.05) is 11.8 Å². The van der Waals surface area contributed by atoms with Crippen molar-refractivity contribution >= 4 is 21.8 Å². The van der Waals surface area contributed by atoms with Crippen LogP contribution in [0.3, 0.4) is 0 Å². The molecule has 2 amide bonds. The first-order valence-electron chi connectivity index (χ1n) is 8.78. The Balaban J connectivity index is 2.07. The van der Waals surface area contributed by atoms with E-state index in [9.17, 15) is 18.0 Å². The van der Waals surface area contributed by atoms with Gasteiger partial charge in [0.05, 0.1) is 13.1 Å². The maximum Gasteiger partial charge on any atom is 0.328 e. The molecule has 1 aliphatic heterocycles. The minimum atomic E-state index is -3.82. The van der Waals surface area contributed by atoms with E-state index in [1.54, 1.807) is 12.3 Å². The van der Waals surface area contributed by atoms with Gasteiger partial charge in [0.25, 0.3) is 5.91 Å². The standard InChI is InChI=1S/C19H24N4O5S/c1-19(17(24)20-26,29(4,27)28)9-11-22-14-16-12-15(13-23(16)18(22)25)8-6-5-7-10-21(2)3/h12-13,26H,9-11,14H2,1-4H3,(H,20,24). The smallest absolute Gasteiger partial charge is 0.318 e. The van der Waals surface area contributed by atoms with Gasteiger partial charge < -0.3 is 4.90 Å². The van der Waals surface area contributed by atoms with Crippen LogP contribution in [0.5, 0.6) is 0 Å². The zero-order chi connectivity index (χ0) is 21.8. The SMILES string of the molecule is CN(C)CC#CC#Cc1cc2n(c1)C(=O)N(CCC(C)(C(=O)NO)S(C)(=O)=O)C2. The highest BCUT2D eigenvalue weighted by atomic mass is 32.2. The molecule has 1 aromatic heterocycles. The van der Waals surface area contributed by atoms with Crippen LogP contribution in [0.15, 0.2) is 12.3 Å². The summed E-state index contributed by atoms with van der Waals surface area (Å²) in [5.41, 5.74) is 2.77. The monoisotopic (exact) mass is 420 g/mol. The van der Waals surface area contributed by atoms with Gasteiger partial charge in [-0.2, -0.15) is 0 Å². The topological polar surface area (TPSA) is 112 Å². The number of nitrogens with one attached hydrogen (secondary N) is 1. The molecule has 0 radical (unpaired) electrons. The summed E-state index contributed by atoms with van der Waals surface area (Å²) in [6.45, 7) is 2.14. The van der Waals surface area contributed by atoms with Crippen molar-refractivity contribution < 1.29 is 23.2 Å². The number of sulfone groups is 1. The van der Waals surface area contributed by atoms with E-state index in [4.69, 9.17) is 5.21 Å². The average molecular weight is 420 g/mol. The van der Waals surface area contributed by atoms with E-state index in [2.05, 4.69) is 23.7 Å². The molecule has 0 bridgehead atoms. The quantitative estimate of drug-likeness (QED) is 0.377. The van der Waals surface area contributed by atoms with Gasteiger partial charge in [0.1, 0.15) is 0 Å². The fourth-order valence-corrected chi connectivity index (χ4v) is 3.59. The van der Waals surface area contributed by atoms with E-state index in [0.717, 1.165) is 6.26 Å². The lowest BCUT2D eigenvalue weighted by atomic mass is 10.1. The first kappa shape index (κ1) is 22.5. The third kappa shape index (κ3) is 4.98. The lowest BCUT2D eigenvalue weighted by Gasteiger charge is -2.27. The van der Waals surface area contributed by atoms with E-state index in [1.165, 1.54) is 21.9 Å². The number of amides is 2. The van der Waals surface area contributed by atoms with E-state index >= 15 is 0 Å². The van der Waals surface area contributed by atoms with Crippen molar-refractivity contribution in [2.75, 3.05) is 33.4 Å². The van der Waals surface area contributed by atoms with Crippen molar-refractivity contribution in [2.45, 2.75) is 24.6 Å². The summed E-state index contributed by atoms with van der Waals surface area (Å²) in [6, 6.07) is 1.45. The van der Waals surface area contributed by atoms with Gasteiger partial charge in [0, 0.05) is 30.3 Å². The summed E-state index contributed by atoms with van der Waals surface area (Å²) in [6.07, 6.45) is 2.38. The molecule has 1 atom stereocenters. The normalized spacial score (nSPS) is 15.1. The third-order valence-corrected chi connectivity index (χ3v) is 6.77. The van der Waals surface area contributed by atoms with Gasteiger partial charge >= 0.3 is 6.03 Å². The van der Waals surface area contributed by atoms with Gasteiger partial charge in [-0.3, -0.25) is 19.5 Å². The Kier molecular flexibility index (Phi) is 6.75. The Morgan fingerprint density at radius 3 is 2.62 bits per heavy atom. The van der Waals surface area contributed by atoms with Crippen LogP contribution < -0.4 is 5.48 Å². The number of hydroxylamine groups is 1. The summed E-state index contributed by atoms with van der Waals surface area (Å²) in [4.78, 5) is 27.8. The minimum Gasteiger partial charge on any atom is -0.318 e. The molecule has 0 saturated heterocycles. The number of fused-ring (bicyclic) bond motifs is 1. The van der Waals surface area contributed by atoms with Crippen LogP contribution in [0.2, 0.25) is 0 Å². The summed E-state index contributed by atoms with van der Waals surface area (Å²) in [5, 5.41) is 8.88. The van der Waals surface area contributed by atoms with Crippen LogP contribution in [0.4, 0.5) is 4.79 Å². The largest absolute Gasteiger partial charge is 0.328 e. The van der Waals surface area contributed by atoms with Crippen LogP contribution >= 0.6 is 0 Å². The highest BCUT2D eigenvalue weighted by Gasteiger charge is 2.44. The zero-order valence-corrected chi connectivity index (χ0v) is 17.6. The Morgan fingerprint density at radius 2 is 2.07 bits per heavy atom. The molecule has 156 valence electrons. The number of nitrogens with zero attached hydrogens (tertiary/aromatic N) is 3. The maximum atomic E-state index is 12.6. The molecule has 1 unspecified atom stereocenters. The Bertz CT molecular complexity index is 1040. The zero-order valence-electron chi connectivity index (χ0n) is 16.8. The Labute approximate surface area is 170 Å². The fraction of sp³-hybridized carbons (Fsp3) is 0.474. The lowest BCUT2D eigenvalue weighted by Crippen LogP contribution is -2.50. The molecule has 0 aromatic carbocycles. The van der Waals surface area contributed by atoms with Crippen LogP contribution in [0, 0.1) is 23.7 Å². The maximum absolute atomic E-state index is 12.6. The Hall–Kier alpha value is -2.79. The molecular weight excluding hydrogens is 396 g/mol. The molecule has 10 heteroatoms. The molecule has 1 aliphatic rings. The van der Waals surface area contributed by atoms with E-state index in [1.807, 2.05) is 19.0 Å². The lowest BCUT2D eigenvalue weighted by molar-refractivity contribution is -0.131. The number of carbonyl (C=O) groups is 2. The highest BCUT2D eigenvalue weighted by Crippen LogP contribution is 2.25. The molecule has 0 saturated carbocycles. The van der Waals surface area contributed by atoms with Crippen molar-refractivity contribution in [3.63, 3.8) is 0 Å². The van der Waals surface area contributed by atoms with Crippen molar-refractivity contribution in [2.24, 2.45) is 0 Å². The predicted molar refractivity (Wildman–Crippen MR) is 107 cm³/mol. The summed E-state index contributed by atoms with van der Waals surface area (Å²) < 4.78 is 23.7. The summed E-state index contributed by atoms with van der Waals surface area (Å²) in [5.74, 6) is 10.2. The Morgan fingerprint density at radius 1 is 1.38 bits per heavy atom. The van der Waals surface area contributed by atoms with E-state index in [0.29, 0.717) is 17.8 Å². The first-order valence-corrected chi connectivity index (χ1v) is 10.7. The van der Waals surface area contributed by atoms with Crippen molar-refractivity contribution in [3.8, 4) is 23.7 Å². The molecule has 0 spiro atoms. The predicted octanol–water partition coefficient (Wildman–Crippen LogP) is -0.113. The summed E-state index contributed by atoms with van der Waals surface area (Å²) >= 11 is 0. The van der Waals surface area contributed by atoms with E-state index < -0.39 is 20.5 Å². The summed E-state index contributed by atoms with van der Waals surface area (Å²) in [7, 11) is 0.00140. The molecule has 2 heterocycles. The molecular formula is C19H24N4O5S. The van der Waals surface area contributed by atoms with Crippen LogP contribution in [-0.4, -0.2) is 78.1 Å². The second kappa shape index (κ2) is 8.70. The molecule has 1 aromatic rings. The van der Waals surface area contributed by atoms with Crippen molar-refractivity contribution in [3.05, 3.63) is 23.5 Å². The van der Waals surface area contributed by atoms with Crippen LogP contribution in [-0.2, 0) is 21.2 Å². The third-order valence-electron chi connectivity index (χ3n) is 4.74. The second-order valence-electron chi connectivity index (χ2n) is 7.28. The minimum absolute atomic E-state index is 0.0362. The number of carbonyl (C=O) groups excluding carboxylic acids is 2. The van der Waals surface area contributed by atoms with Gasteiger partial charge in [-0.05, 0) is 45.3 Å². The average Bonchev–Trinajstić information content (AvgIpc) is 3.16. The second-order valence-corrected chi connectivity index (χ2v) is 9.72. The van der Waals surface area contributed by atoms with Crippen molar-refractivity contribution in [1.29, 1.82) is 0 Å². The van der Waals surface area contributed by atoms with Gasteiger partial charge in [-0.25, -0.2) is 18.7 Å². The van der Waals surface area contributed by atoms with E-state index in [-0.39, 0.29) is 25.5 Å². The van der Waals surface area contributed by atoms with Crippen LogP contribution in [0.1, 0.15) is 24.6 Å². The molecule has 2 N–H and O–H groups in total. The molecule has 9 nitrogen and oxygen atoms in total.